The Balaban J connectivity index is 2.19. The summed E-state index contributed by atoms with van der Waals surface area (Å²) in [6, 6.07) is 4.87. The van der Waals surface area contributed by atoms with Crippen molar-refractivity contribution in [3.63, 3.8) is 0 Å². The lowest BCUT2D eigenvalue weighted by Crippen LogP contribution is -2.06. The number of hydrogen-bond acceptors (Lipinski definition) is 1. The van der Waals surface area contributed by atoms with Gasteiger partial charge in [0.05, 0.1) is 12.2 Å². The van der Waals surface area contributed by atoms with E-state index in [9.17, 15) is 4.39 Å². The first-order valence-corrected chi connectivity index (χ1v) is 6.10. The minimum absolute atomic E-state index is 0.156. The Morgan fingerprint density at radius 3 is 2.69 bits per heavy atom. The van der Waals surface area contributed by atoms with Gasteiger partial charge in [-0.2, -0.15) is 0 Å². The van der Waals surface area contributed by atoms with Gasteiger partial charge in [0.2, 0.25) is 0 Å². The molecule has 88 valence electrons. The quantitative estimate of drug-likeness (QED) is 0.723. The van der Waals surface area contributed by atoms with E-state index in [1.54, 1.807) is 12.1 Å². The number of benzene rings is 1. The summed E-state index contributed by atoms with van der Waals surface area (Å²) in [6.45, 7) is 4.10. The van der Waals surface area contributed by atoms with Gasteiger partial charge in [0.25, 0.3) is 0 Å². The van der Waals surface area contributed by atoms with Crippen LogP contribution in [0.4, 0.5) is 4.39 Å². The molecule has 0 saturated carbocycles. The molecule has 0 spiro atoms. The average molecular weight is 243 g/mol. The van der Waals surface area contributed by atoms with Crippen LogP contribution in [0.5, 0.6) is 0 Å². The highest BCUT2D eigenvalue weighted by molar-refractivity contribution is 6.31. The van der Waals surface area contributed by atoms with Gasteiger partial charge in [0.15, 0.2) is 0 Å². The lowest BCUT2D eigenvalue weighted by Gasteiger charge is -2.16. The van der Waals surface area contributed by atoms with E-state index in [4.69, 9.17) is 16.3 Å². The monoisotopic (exact) mass is 242 g/mol. The third-order valence-corrected chi connectivity index (χ3v) is 3.58. The average Bonchev–Trinajstić information content (AvgIpc) is 2.92. The Morgan fingerprint density at radius 2 is 2.19 bits per heavy atom. The maximum atomic E-state index is 13.7. The van der Waals surface area contributed by atoms with Crippen molar-refractivity contribution in [2.75, 3.05) is 0 Å². The summed E-state index contributed by atoms with van der Waals surface area (Å²) in [5.41, 5.74) is 0.648. The van der Waals surface area contributed by atoms with Gasteiger partial charge in [-0.1, -0.05) is 24.6 Å². The van der Waals surface area contributed by atoms with E-state index in [0.29, 0.717) is 16.7 Å². The minimum atomic E-state index is -0.201. The molecule has 1 aromatic rings. The summed E-state index contributed by atoms with van der Waals surface area (Å²) in [7, 11) is 0. The fourth-order valence-corrected chi connectivity index (χ4v) is 2.46. The summed E-state index contributed by atoms with van der Waals surface area (Å²) in [4.78, 5) is 0. The molecular weight excluding hydrogens is 227 g/mol. The first-order chi connectivity index (χ1) is 7.63. The number of halogens is 2. The fraction of sp³-hybridized carbons (Fsp3) is 0.538. The molecule has 1 aliphatic heterocycles. The summed E-state index contributed by atoms with van der Waals surface area (Å²) >= 11 is 6.06. The molecule has 1 fully saturated rings. The Kier molecular flexibility index (Phi) is 3.50. The van der Waals surface area contributed by atoms with E-state index in [1.165, 1.54) is 6.07 Å². The van der Waals surface area contributed by atoms with Gasteiger partial charge < -0.3 is 4.74 Å². The molecule has 0 radical (unpaired) electrons. The van der Waals surface area contributed by atoms with Gasteiger partial charge >= 0.3 is 0 Å². The second-order valence-corrected chi connectivity index (χ2v) is 4.76. The predicted octanol–water partition coefficient (Wildman–Crippen LogP) is 4.15. The molecule has 3 unspecified atom stereocenters. The topological polar surface area (TPSA) is 12.5 Å². The third kappa shape index (κ3) is 2.38. The predicted molar refractivity (Wildman–Crippen MR) is 63.4 cm³/mol. The maximum Gasteiger partial charge on any atom is 0.128 e. The zero-order chi connectivity index (χ0) is 11.7. The van der Waals surface area contributed by atoms with Crippen LogP contribution < -0.4 is 0 Å². The highest BCUT2D eigenvalue weighted by Crippen LogP contribution is 2.37. The van der Waals surface area contributed by atoms with Crippen LogP contribution in [0.3, 0.4) is 0 Å². The largest absolute Gasteiger partial charge is 0.370 e. The van der Waals surface area contributed by atoms with Gasteiger partial charge in [-0.05, 0) is 37.8 Å². The van der Waals surface area contributed by atoms with Gasteiger partial charge in [0.1, 0.15) is 5.82 Å². The number of hydrogen-bond donors (Lipinski definition) is 0. The third-order valence-electron chi connectivity index (χ3n) is 3.25. The van der Waals surface area contributed by atoms with E-state index < -0.39 is 0 Å². The zero-order valence-corrected chi connectivity index (χ0v) is 10.3. The molecular formula is C13H16ClFO. The second-order valence-electron chi connectivity index (χ2n) is 4.36. The molecule has 1 nitrogen and oxygen atoms in total. The van der Waals surface area contributed by atoms with Crippen molar-refractivity contribution < 1.29 is 9.13 Å². The first kappa shape index (κ1) is 11.9. The number of rotatable bonds is 4. The Morgan fingerprint density at radius 1 is 1.50 bits per heavy atom. The van der Waals surface area contributed by atoms with E-state index >= 15 is 0 Å². The van der Waals surface area contributed by atoms with Crippen molar-refractivity contribution in [3.8, 4) is 0 Å². The molecule has 1 aliphatic rings. The van der Waals surface area contributed by atoms with Crippen molar-refractivity contribution in [1.29, 1.82) is 0 Å². The number of epoxide rings is 1. The van der Waals surface area contributed by atoms with Gasteiger partial charge in [0, 0.05) is 10.6 Å². The van der Waals surface area contributed by atoms with E-state index in [1.807, 2.05) is 6.92 Å². The summed E-state index contributed by atoms with van der Waals surface area (Å²) in [5, 5.41) is 0.528. The van der Waals surface area contributed by atoms with Crippen molar-refractivity contribution in [2.24, 2.45) is 0 Å². The Hall–Kier alpha value is -0.600. The molecule has 0 bridgehead atoms. The molecule has 0 amide bonds. The molecule has 1 saturated heterocycles. The van der Waals surface area contributed by atoms with Gasteiger partial charge in [-0.15, -0.1) is 0 Å². The van der Waals surface area contributed by atoms with Crippen LogP contribution in [0.1, 0.15) is 38.2 Å². The van der Waals surface area contributed by atoms with Crippen LogP contribution in [-0.2, 0) is 4.74 Å². The second kappa shape index (κ2) is 4.72. The van der Waals surface area contributed by atoms with Crippen LogP contribution in [0.25, 0.3) is 0 Å². The summed E-state index contributed by atoms with van der Waals surface area (Å²) in [5.74, 6) is -0.0451. The van der Waals surface area contributed by atoms with Crippen LogP contribution >= 0.6 is 11.6 Å². The molecule has 16 heavy (non-hydrogen) atoms. The van der Waals surface area contributed by atoms with Crippen molar-refractivity contribution in [1.82, 2.24) is 0 Å². The molecule has 3 atom stereocenters. The molecule has 0 aromatic heterocycles. The Labute approximate surface area is 101 Å². The normalized spacial score (nSPS) is 25.5. The van der Waals surface area contributed by atoms with E-state index in [-0.39, 0.29) is 17.8 Å². The molecule has 0 aliphatic carbocycles. The van der Waals surface area contributed by atoms with Crippen LogP contribution in [0, 0.1) is 5.82 Å². The smallest absolute Gasteiger partial charge is 0.128 e. The van der Waals surface area contributed by atoms with Crippen LogP contribution in [0.2, 0.25) is 5.02 Å². The molecule has 1 heterocycles. The van der Waals surface area contributed by atoms with Gasteiger partial charge in [-0.25, -0.2) is 4.39 Å². The van der Waals surface area contributed by atoms with Crippen LogP contribution in [-0.4, -0.2) is 12.2 Å². The van der Waals surface area contributed by atoms with Crippen molar-refractivity contribution >= 4 is 11.6 Å². The van der Waals surface area contributed by atoms with Crippen LogP contribution in [0.15, 0.2) is 18.2 Å². The maximum absolute atomic E-state index is 13.7. The molecule has 1 aromatic carbocycles. The molecule has 2 rings (SSSR count). The van der Waals surface area contributed by atoms with Crippen molar-refractivity contribution in [3.05, 3.63) is 34.6 Å². The standard InChI is InChI=1S/C13H16ClFO/c1-3-9(7-12-8(2)16-12)13-10(14)5-4-6-11(13)15/h4-6,8-9,12H,3,7H2,1-2H3. The van der Waals surface area contributed by atoms with Crippen molar-refractivity contribution in [2.45, 2.75) is 44.8 Å². The lowest BCUT2D eigenvalue weighted by atomic mass is 9.91. The SMILES string of the molecule is CCC(CC1OC1C)c1c(F)cccc1Cl. The zero-order valence-electron chi connectivity index (χ0n) is 9.54. The highest BCUT2D eigenvalue weighted by atomic mass is 35.5. The molecule has 3 heteroatoms. The van der Waals surface area contributed by atoms with E-state index in [2.05, 4.69) is 6.92 Å². The fourth-order valence-electron chi connectivity index (χ4n) is 2.15. The Bertz CT molecular complexity index is 360. The minimum Gasteiger partial charge on any atom is -0.370 e. The van der Waals surface area contributed by atoms with E-state index in [0.717, 1.165) is 12.8 Å². The molecule has 0 N–H and O–H groups in total. The summed E-state index contributed by atoms with van der Waals surface area (Å²) in [6.07, 6.45) is 2.34. The first-order valence-electron chi connectivity index (χ1n) is 5.72. The van der Waals surface area contributed by atoms with Gasteiger partial charge in [-0.3, -0.25) is 0 Å². The number of ether oxygens (including phenoxy) is 1. The summed E-state index contributed by atoms with van der Waals surface area (Å²) < 4.78 is 19.1. The highest BCUT2D eigenvalue weighted by Gasteiger charge is 2.36. The lowest BCUT2D eigenvalue weighted by molar-refractivity contribution is 0.355.